The van der Waals surface area contributed by atoms with Crippen molar-refractivity contribution in [1.82, 2.24) is 29.6 Å². The molecular weight excluding hydrogens is 444 g/mol. The molecule has 0 aromatic carbocycles. The molecule has 2 saturated heterocycles. The van der Waals surface area contributed by atoms with Crippen LogP contribution in [0.5, 0.6) is 5.75 Å². The van der Waals surface area contributed by atoms with Gasteiger partial charge in [0.05, 0.1) is 19.9 Å². The number of likely N-dealkylation sites (tertiary alicyclic amines) is 1. The maximum absolute atomic E-state index is 6.08. The number of aromatic nitrogens is 5. The molecule has 10 nitrogen and oxygen atoms in total. The van der Waals surface area contributed by atoms with Crippen LogP contribution in [0.1, 0.15) is 55.7 Å². The summed E-state index contributed by atoms with van der Waals surface area (Å²) < 4.78 is 13.0. The Kier molecular flexibility index (Phi) is 5.72. The molecule has 10 heteroatoms. The van der Waals surface area contributed by atoms with Crippen molar-refractivity contribution in [3.05, 3.63) is 29.7 Å². The van der Waals surface area contributed by atoms with Crippen molar-refractivity contribution in [2.75, 3.05) is 44.9 Å². The van der Waals surface area contributed by atoms with Crippen molar-refractivity contribution in [3.63, 3.8) is 0 Å². The highest BCUT2D eigenvalue weighted by atomic mass is 16.5. The van der Waals surface area contributed by atoms with Crippen molar-refractivity contribution in [2.24, 2.45) is 5.41 Å². The van der Waals surface area contributed by atoms with Gasteiger partial charge in [-0.25, -0.2) is 4.98 Å². The second kappa shape index (κ2) is 8.91. The van der Waals surface area contributed by atoms with Crippen LogP contribution in [0.3, 0.4) is 0 Å². The van der Waals surface area contributed by atoms with Gasteiger partial charge in [0, 0.05) is 38.5 Å². The van der Waals surface area contributed by atoms with Crippen molar-refractivity contribution in [2.45, 2.75) is 57.0 Å². The molecule has 0 radical (unpaired) electrons. The Morgan fingerprint density at radius 2 is 1.86 bits per heavy atom. The van der Waals surface area contributed by atoms with E-state index in [0.29, 0.717) is 34.7 Å². The van der Waals surface area contributed by atoms with E-state index in [1.807, 2.05) is 6.20 Å². The van der Waals surface area contributed by atoms with Crippen molar-refractivity contribution < 1.29 is 9.47 Å². The summed E-state index contributed by atoms with van der Waals surface area (Å²) in [5.41, 5.74) is 15.7. The van der Waals surface area contributed by atoms with E-state index in [1.54, 1.807) is 18.0 Å². The van der Waals surface area contributed by atoms with Crippen LogP contribution in [-0.4, -0.2) is 69.1 Å². The van der Waals surface area contributed by atoms with Crippen LogP contribution in [0.4, 0.5) is 11.8 Å². The van der Waals surface area contributed by atoms with Crippen LogP contribution in [0.2, 0.25) is 0 Å². The summed E-state index contributed by atoms with van der Waals surface area (Å²) in [6.07, 6.45) is 11.1. The summed E-state index contributed by atoms with van der Waals surface area (Å²) in [5, 5.41) is 4.42. The Morgan fingerprint density at radius 1 is 1.09 bits per heavy atom. The summed E-state index contributed by atoms with van der Waals surface area (Å²) in [6.45, 7) is 4.80. The Bertz CT molecular complexity index is 1210. The lowest BCUT2D eigenvalue weighted by atomic mass is 9.64. The minimum atomic E-state index is 0.141. The number of fused-ring (bicyclic) bond motifs is 1. The molecule has 1 aliphatic carbocycles. The molecule has 3 aromatic rings. The maximum atomic E-state index is 6.08. The molecule has 4 N–H and O–H groups in total. The zero-order valence-electron chi connectivity index (χ0n) is 20.3. The molecule has 1 saturated carbocycles. The van der Waals surface area contributed by atoms with Gasteiger partial charge in [-0.05, 0) is 61.5 Å². The molecule has 3 aliphatic rings. The van der Waals surface area contributed by atoms with E-state index in [4.69, 9.17) is 25.9 Å². The Morgan fingerprint density at radius 3 is 2.60 bits per heavy atom. The summed E-state index contributed by atoms with van der Waals surface area (Å²) in [6, 6.07) is 2.89. The first kappa shape index (κ1) is 22.5. The minimum absolute atomic E-state index is 0.141. The number of methoxy groups -OCH3 is 1. The van der Waals surface area contributed by atoms with Gasteiger partial charge in [0.1, 0.15) is 22.5 Å². The minimum Gasteiger partial charge on any atom is -0.495 e. The van der Waals surface area contributed by atoms with E-state index in [1.165, 1.54) is 57.2 Å². The van der Waals surface area contributed by atoms with E-state index < -0.39 is 0 Å². The van der Waals surface area contributed by atoms with Gasteiger partial charge in [0.15, 0.2) is 5.82 Å². The van der Waals surface area contributed by atoms with Gasteiger partial charge in [-0.1, -0.05) is 0 Å². The SMILES string of the molecule is COc1cc(C2CCC3(CC2)CN(C2CCOCC2)C3)cnc1Cn1ncc2nc(N)nc(N)c21. The smallest absolute Gasteiger partial charge is 0.222 e. The van der Waals surface area contributed by atoms with Crippen LogP contribution in [0, 0.1) is 5.41 Å². The molecule has 3 fully saturated rings. The zero-order valence-corrected chi connectivity index (χ0v) is 20.3. The number of pyridine rings is 1. The summed E-state index contributed by atoms with van der Waals surface area (Å²) >= 11 is 0. The van der Waals surface area contributed by atoms with Crippen LogP contribution in [-0.2, 0) is 11.3 Å². The number of nitrogens with zero attached hydrogens (tertiary/aromatic N) is 6. The standard InChI is InChI=1S/C25H34N8O2/c1-34-21-10-17(11-28-20(21)13-33-22-19(12-29-33)30-24(27)31-23(22)26)16-2-6-25(7-3-16)14-32(15-25)18-4-8-35-9-5-18/h10-12,16,18H,2-9,13-15H2,1H3,(H4,26,27,30,31). The fourth-order valence-electron chi connectivity index (χ4n) is 6.32. The highest BCUT2D eigenvalue weighted by molar-refractivity contribution is 5.85. The fraction of sp³-hybridized carbons (Fsp3) is 0.600. The molecule has 0 atom stereocenters. The van der Waals surface area contributed by atoms with E-state index in [-0.39, 0.29) is 5.95 Å². The molecule has 186 valence electrons. The summed E-state index contributed by atoms with van der Waals surface area (Å²) in [5.74, 6) is 1.76. The second-order valence-corrected chi connectivity index (χ2v) is 10.4. The first-order chi connectivity index (χ1) is 17.0. The van der Waals surface area contributed by atoms with Gasteiger partial charge < -0.3 is 20.9 Å². The first-order valence-electron chi connectivity index (χ1n) is 12.6. The number of hydrogen-bond donors (Lipinski definition) is 2. The molecule has 0 unspecified atom stereocenters. The average molecular weight is 479 g/mol. The predicted molar refractivity (Wildman–Crippen MR) is 133 cm³/mol. The van der Waals surface area contributed by atoms with E-state index in [9.17, 15) is 0 Å². The van der Waals surface area contributed by atoms with Gasteiger partial charge in [-0.15, -0.1) is 0 Å². The first-order valence-corrected chi connectivity index (χ1v) is 12.6. The lowest BCUT2D eigenvalue weighted by molar-refractivity contribution is -0.0827. The number of anilines is 2. The highest BCUT2D eigenvalue weighted by Crippen LogP contribution is 2.49. The van der Waals surface area contributed by atoms with Gasteiger partial charge in [0.2, 0.25) is 5.95 Å². The van der Waals surface area contributed by atoms with E-state index in [2.05, 4.69) is 26.0 Å². The molecule has 3 aromatic heterocycles. The Labute approximate surface area is 205 Å². The topological polar surface area (TPSA) is 130 Å². The van der Waals surface area contributed by atoms with Crippen molar-refractivity contribution in [1.29, 1.82) is 0 Å². The molecule has 0 bridgehead atoms. The fourth-order valence-corrected chi connectivity index (χ4v) is 6.32. The van der Waals surface area contributed by atoms with E-state index >= 15 is 0 Å². The molecular formula is C25H34N8O2. The average Bonchev–Trinajstić information content (AvgIpc) is 3.26. The van der Waals surface area contributed by atoms with Crippen LogP contribution >= 0.6 is 0 Å². The van der Waals surface area contributed by atoms with E-state index in [0.717, 1.165) is 30.7 Å². The summed E-state index contributed by atoms with van der Waals surface area (Å²) in [7, 11) is 1.69. The van der Waals surface area contributed by atoms with Gasteiger partial charge >= 0.3 is 0 Å². The molecule has 1 spiro atoms. The normalized spacial score (nSPS) is 21.4. The third-order valence-corrected chi connectivity index (χ3v) is 8.31. The maximum Gasteiger partial charge on any atom is 0.222 e. The number of hydrogen-bond acceptors (Lipinski definition) is 9. The van der Waals surface area contributed by atoms with Crippen molar-refractivity contribution >= 4 is 22.8 Å². The largest absolute Gasteiger partial charge is 0.495 e. The van der Waals surface area contributed by atoms with Crippen molar-refractivity contribution in [3.8, 4) is 5.75 Å². The Hall–Kier alpha value is -2.98. The Balaban J connectivity index is 1.12. The lowest BCUT2D eigenvalue weighted by Gasteiger charge is -2.56. The second-order valence-electron chi connectivity index (χ2n) is 10.4. The molecule has 0 amide bonds. The number of rotatable bonds is 5. The van der Waals surface area contributed by atoms with Crippen LogP contribution < -0.4 is 16.2 Å². The molecule has 5 heterocycles. The zero-order chi connectivity index (χ0) is 24.0. The van der Waals surface area contributed by atoms with Gasteiger partial charge in [0.25, 0.3) is 0 Å². The molecule has 6 rings (SSSR count). The van der Waals surface area contributed by atoms with Crippen LogP contribution in [0.15, 0.2) is 18.5 Å². The number of nitrogens with two attached hydrogens (primary N) is 2. The monoisotopic (exact) mass is 478 g/mol. The summed E-state index contributed by atoms with van der Waals surface area (Å²) in [4.78, 5) is 15.8. The van der Waals surface area contributed by atoms with Gasteiger partial charge in [-0.2, -0.15) is 10.1 Å². The predicted octanol–water partition coefficient (Wildman–Crippen LogP) is 2.58. The third-order valence-electron chi connectivity index (χ3n) is 8.31. The quantitative estimate of drug-likeness (QED) is 0.568. The molecule has 35 heavy (non-hydrogen) atoms. The number of nitrogen functional groups attached to an aromatic ring is 2. The van der Waals surface area contributed by atoms with Gasteiger partial charge in [-0.3, -0.25) is 14.6 Å². The van der Waals surface area contributed by atoms with Crippen LogP contribution in [0.25, 0.3) is 11.0 Å². The molecule has 2 aliphatic heterocycles. The third kappa shape index (κ3) is 4.18. The number of ether oxygens (including phenoxy) is 2. The lowest BCUT2D eigenvalue weighted by Crippen LogP contribution is -2.61. The highest BCUT2D eigenvalue weighted by Gasteiger charge is 2.47.